The normalized spacial score (nSPS) is 18.3. The molecular formula is C19H21N3O. The van der Waals surface area contributed by atoms with Gasteiger partial charge in [0.25, 0.3) is 0 Å². The lowest BCUT2D eigenvalue weighted by Gasteiger charge is -2.47. The molecule has 1 amide bonds. The Balaban J connectivity index is 1.31. The molecule has 0 unspecified atom stereocenters. The van der Waals surface area contributed by atoms with Gasteiger partial charge < -0.3 is 4.90 Å². The Morgan fingerprint density at radius 1 is 1.13 bits per heavy atom. The summed E-state index contributed by atoms with van der Waals surface area (Å²) >= 11 is 0. The molecule has 1 aromatic carbocycles. The molecule has 2 aliphatic rings. The fourth-order valence-electron chi connectivity index (χ4n) is 3.51. The molecule has 4 heteroatoms. The lowest BCUT2D eigenvalue weighted by atomic mass is 9.96. The van der Waals surface area contributed by atoms with Crippen LogP contribution in [0.1, 0.15) is 16.7 Å². The van der Waals surface area contributed by atoms with Crippen LogP contribution < -0.4 is 0 Å². The second-order valence-corrected chi connectivity index (χ2v) is 6.48. The van der Waals surface area contributed by atoms with E-state index in [2.05, 4.69) is 34.1 Å². The summed E-state index contributed by atoms with van der Waals surface area (Å²) < 4.78 is 0. The maximum atomic E-state index is 12.3. The van der Waals surface area contributed by atoms with Gasteiger partial charge in [0.05, 0.1) is 6.42 Å². The van der Waals surface area contributed by atoms with Gasteiger partial charge in [-0.25, -0.2) is 0 Å². The Hall–Kier alpha value is -2.20. The second-order valence-electron chi connectivity index (χ2n) is 6.48. The fraction of sp³-hybridized carbons (Fsp3) is 0.368. The van der Waals surface area contributed by atoms with Crippen molar-refractivity contribution in [2.75, 3.05) is 19.6 Å². The van der Waals surface area contributed by atoms with Crippen LogP contribution in [0.5, 0.6) is 0 Å². The lowest BCUT2D eigenvalue weighted by molar-refractivity contribution is -0.138. The monoisotopic (exact) mass is 307 g/mol. The minimum atomic E-state index is 0.214. The molecule has 1 fully saturated rings. The average molecular weight is 307 g/mol. The number of aromatic nitrogens is 1. The average Bonchev–Trinajstić information content (AvgIpc) is 2.54. The first-order valence-electron chi connectivity index (χ1n) is 8.27. The van der Waals surface area contributed by atoms with E-state index in [9.17, 15) is 4.79 Å². The van der Waals surface area contributed by atoms with E-state index in [1.807, 2.05) is 17.0 Å². The summed E-state index contributed by atoms with van der Waals surface area (Å²) in [6.45, 7) is 3.85. The molecule has 2 aromatic rings. The molecule has 0 bridgehead atoms. The van der Waals surface area contributed by atoms with Crippen LogP contribution in [-0.4, -0.2) is 46.4 Å². The van der Waals surface area contributed by atoms with E-state index in [1.165, 1.54) is 11.1 Å². The first-order chi connectivity index (χ1) is 11.3. The van der Waals surface area contributed by atoms with Crippen LogP contribution in [0.3, 0.4) is 0 Å². The largest absolute Gasteiger partial charge is 0.339 e. The van der Waals surface area contributed by atoms with Crippen molar-refractivity contribution in [2.24, 2.45) is 0 Å². The standard InChI is InChI=1S/C19H21N3O/c23-19(10-15-4-3-8-20-11-15)22-13-18(14-22)21-9-7-16-5-1-2-6-17(16)12-21/h1-6,8,11,18H,7,9-10,12-14H2. The fourth-order valence-corrected chi connectivity index (χ4v) is 3.51. The van der Waals surface area contributed by atoms with E-state index in [4.69, 9.17) is 0 Å². The zero-order chi connectivity index (χ0) is 15.6. The number of hydrogen-bond acceptors (Lipinski definition) is 3. The summed E-state index contributed by atoms with van der Waals surface area (Å²) in [6.07, 6.45) is 5.10. The van der Waals surface area contributed by atoms with Gasteiger partial charge in [-0.15, -0.1) is 0 Å². The molecule has 2 aliphatic heterocycles. The third kappa shape index (κ3) is 2.99. The highest BCUT2D eigenvalue weighted by Crippen LogP contribution is 2.24. The van der Waals surface area contributed by atoms with Crippen LogP contribution in [0, 0.1) is 0 Å². The summed E-state index contributed by atoms with van der Waals surface area (Å²) in [7, 11) is 0. The van der Waals surface area contributed by atoms with Gasteiger partial charge in [-0.2, -0.15) is 0 Å². The summed E-state index contributed by atoms with van der Waals surface area (Å²) in [5.74, 6) is 0.214. The first-order valence-corrected chi connectivity index (χ1v) is 8.27. The van der Waals surface area contributed by atoms with Crippen molar-refractivity contribution in [3.05, 3.63) is 65.5 Å². The summed E-state index contributed by atoms with van der Waals surface area (Å²) in [4.78, 5) is 20.9. The number of rotatable bonds is 3. The van der Waals surface area contributed by atoms with Crippen molar-refractivity contribution in [1.82, 2.24) is 14.8 Å². The summed E-state index contributed by atoms with van der Waals surface area (Å²) in [5, 5.41) is 0. The van der Waals surface area contributed by atoms with Gasteiger partial charge >= 0.3 is 0 Å². The van der Waals surface area contributed by atoms with E-state index >= 15 is 0 Å². The first kappa shape index (κ1) is 14.4. The molecule has 0 spiro atoms. The predicted molar refractivity (Wildman–Crippen MR) is 88.9 cm³/mol. The number of carbonyl (C=O) groups excluding carboxylic acids is 1. The number of carbonyl (C=O) groups is 1. The van der Waals surface area contributed by atoms with Crippen LogP contribution in [0.4, 0.5) is 0 Å². The van der Waals surface area contributed by atoms with Crippen LogP contribution in [-0.2, 0) is 24.2 Å². The number of nitrogens with zero attached hydrogens (tertiary/aromatic N) is 3. The Morgan fingerprint density at radius 2 is 1.96 bits per heavy atom. The maximum absolute atomic E-state index is 12.3. The van der Waals surface area contributed by atoms with Crippen LogP contribution in [0.2, 0.25) is 0 Å². The zero-order valence-electron chi connectivity index (χ0n) is 13.2. The van der Waals surface area contributed by atoms with Gasteiger partial charge in [0.1, 0.15) is 0 Å². The topological polar surface area (TPSA) is 36.4 Å². The number of likely N-dealkylation sites (tertiary alicyclic amines) is 1. The molecule has 0 atom stereocenters. The predicted octanol–water partition coefficient (Wildman–Crippen LogP) is 1.89. The van der Waals surface area contributed by atoms with Gasteiger partial charge in [0, 0.05) is 44.6 Å². The Labute approximate surface area is 136 Å². The quantitative estimate of drug-likeness (QED) is 0.869. The van der Waals surface area contributed by atoms with E-state index in [0.29, 0.717) is 12.5 Å². The van der Waals surface area contributed by atoms with Crippen molar-refractivity contribution in [3.8, 4) is 0 Å². The van der Waals surface area contributed by atoms with E-state index in [0.717, 1.165) is 38.2 Å². The molecule has 1 aromatic heterocycles. The number of pyridine rings is 1. The van der Waals surface area contributed by atoms with E-state index < -0.39 is 0 Å². The van der Waals surface area contributed by atoms with Crippen molar-refractivity contribution < 1.29 is 4.79 Å². The molecule has 3 heterocycles. The van der Waals surface area contributed by atoms with Gasteiger partial charge in [-0.3, -0.25) is 14.7 Å². The molecule has 0 N–H and O–H groups in total. The second kappa shape index (κ2) is 6.13. The van der Waals surface area contributed by atoms with E-state index in [-0.39, 0.29) is 5.91 Å². The molecule has 4 nitrogen and oxygen atoms in total. The van der Waals surface area contributed by atoms with Crippen molar-refractivity contribution in [3.63, 3.8) is 0 Å². The highest BCUT2D eigenvalue weighted by atomic mass is 16.2. The number of hydrogen-bond donors (Lipinski definition) is 0. The maximum Gasteiger partial charge on any atom is 0.227 e. The van der Waals surface area contributed by atoms with Gasteiger partial charge in [-0.1, -0.05) is 30.3 Å². The van der Waals surface area contributed by atoms with Crippen LogP contribution in [0.25, 0.3) is 0 Å². The molecule has 0 aliphatic carbocycles. The molecule has 4 rings (SSSR count). The molecule has 0 saturated carbocycles. The smallest absolute Gasteiger partial charge is 0.227 e. The summed E-state index contributed by atoms with van der Waals surface area (Å²) in [6, 6.07) is 13.1. The van der Waals surface area contributed by atoms with Gasteiger partial charge in [0.2, 0.25) is 5.91 Å². The van der Waals surface area contributed by atoms with E-state index in [1.54, 1.807) is 12.4 Å². The number of amides is 1. The van der Waals surface area contributed by atoms with Crippen molar-refractivity contribution >= 4 is 5.91 Å². The molecule has 0 radical (unpaired) electrons. The SMILES string of the molecule is O=C(Cc1cccnc1)N1CC(N2CCc3ccccc3C2)C1. The third-order valence-corrected chi connectivity index (χ3v) is 4.97. The van der Waals surface area contributed by atoms with Gasteiger partial charge in [0.15, 0.2) is 0 Å². The van der Waals surface area contributed by atoms with Crippen molar-refractivity contribution in [1.29, 1.82) is 0 Å². The molecule has 1 saturated heterocycles. The molecular weight excluding hydrogens is 286 g/mol. The number of fused-ring (bicyclic) bond motifs is 1. The zero-order valence-corrected chi connectivity index (χ0v) is 13.2. The van der Waals surface area contributed by atoms with Crippen LogP contribution >= 0.6 is 0 Å². The summed E-state index contributed by atoms with van der Waals surface area (Å²) in [5.41, 5.74) is 3.92. The highest BCUT2D eigenvalue weighted by molar-refractivity contribution is 5.79. The molecule has 23 heavy (non-hydrogen) atoms. The minimum Gasteiger partial charge on any atom is -0.339 e. The van der Waals surface area contributed by atoms with Gasteiger partial charge in [-0.05, 0) is 29.2 Å². The molecule has 118 valence electrons. The third-order valence-electron chi connectivity index (χ3n) is 4.97. The van der Waals surface area contributed by atoms with Crippen LogP contribution in [0.15, 0.2) is 48.8 Å². The Kier molecular flexibility index (Phi) is 3.83. The Morgan fingerprint density at radius 3 is 2.74 bits per heavy atom. The lowest BCUT2D eigenvalue weighted by Crippen LogP contribution is -2.61. The number of benzene rings is 1. The highest BCUT2D eigenvalue weighted by Gasteiger charge is 2.35. The van der Waals surface area contributed by atoms with Crippen molar-refractivity contribution in [2.45, 2.75) is 25.4 Å². The Bertz CT molecular complexity index is 695. The minimum absolute atomic E-state index is 0.214.